The molecule has 1 atom stereocenters. The predicted octanol–water partition coefficient (Wildman–Crippen LogP) is 0.645. The van der Waals surface area contributed by atoms with Crippen LogP contribution in [-0.4, -0.2) is 45.7 Å². The van der Waals surface area contributed by atoms with Crippen LogP contribution < -0.4 is 0 Å². The average molecular weight is 203 g/mol. The Morgan fingerprint density at radius 2 is 1.79 bits per heavy atom. The maximum absolute atomic E-state index is 11.0. The van der Waals surface area contributed by atoms with E-state index < -0.39 is 23.9 Å². The number of carbonyl (C=O) groups is 2. The molecule has 0 aliphatic carbocycles. The Kier molecular flexibility index (Phi) is 4.07. The minimum atomic E-state index is -1.35. The Balaban J connectivity index is 4.89. The number of rotatable bonds is 5. The Bertz CT molecular complexity index is 239. The second kappa shape index (κ2) is 4.41. The van der Waals surface area contributed by atoms with Crippen LogP contribution in [0.15, 0.2) is 0 Å². The standard InChI is InChI=1S/C9H17NO4/c1-6(2)10(4)9(3,8(13)14)5-7(11)12/h6H,5H2,1-4H3,(H,11,12)(H,13,14). The van der Waals surface area contributed by atoms with Gasteiger partial charge in [-0.25, -0.2) is 0 Å². The Morgan fingerprint density at radius 1 is 1.36 bits per heavy atom. The van der Waals surface area contributed by atoms with Gasteiger partial charge in [-0.05, 0) is 27.8 Å². The van der Waals surface area contributed by atoms with E-state index in [4.69, 9.17) is 10.2 Å². The van der Waals surface area contributed by atoms with Gasteiger partial charge < -0.3 is 10.2 Å². The average Bonchev–Trinajstić information content (AvgIpc) is 2.00. The number of carboxylic acids is 2. The summed E-state index contributed by atoms with van der Waals surface area (Å²) in [7, 11) is 1.61. The fourth-order valence-electron chi connectivity index (χ4n) is 1.22. The highest BCUT2D eigenvalue weighted by Gasteiger charge is 2.40. The lowest BCUT2D eigenvalue weighted by molar-refractivity contribution is -0.157. The van der Waals surface area contributed by atoms with E-state index in [1.165, 1.54) is 6.92 Å². The van der Waals surface area contributed by atoms with Crippen LogP contribution in [0, 0.1) is 0 Å². The van der Waals surface area contributed by atoms with Crippen molar-refractivity contribution in [2.75, 3.05) is 7.05 Å². The van der Waals surface area contributed by atoms with Crippen LogP contribution in [0.3, 0.4) is 0 Å². The Labute approximate surface area is 83.3 Å². The fraction of sp³-hybridized carbons (Fsp3) is 0.778. The van der Waals surface area contributed by atoms with Crippen LogP contribution in [0.2, 0.25) is 0 Å². The van der Waals surface area contributed by atoms with Gasteiger partial charge in [0.1, 0.15) is 5.54 Å². The van der Waals surface area contributed by atoms with E-state index in [1.54, 1.807) is 11.9 Å². The van der Waals surface area contributed by atoms with E-state index in [0.29, 0.717) is 0 Å². The molecule has 0 amide bonds. The van der Waals surface area contributed by atoms with Crippen LogP contribution in [0.1, 0.15) is 27.2 Å². The number of likely N-dealkylation sites (N-methyl/N-ethyl adjacent to an activating group) is 1. The van der Waals surface area contributed by atoms with E-state index in [9.17, 15) is 9.59 Å². The fourth-order valence-corrected chi connectivity index (χ4v) is 1.22. The molecule has 0 saturated carbocycles. The van der Waals surface area contributed by atoms with Crippen LogP contribution in [0.5, 0.6) is 0 Å². The van der Waals surface area contributed by atoms with E-state index in [2.05, 4.69) is 0 Å². The van der Waals surface area contributed by atoms with E-state index in [1.807, 2.05) is 13.8 Å². The molecule has 82 valence electrons. The molecule has 0 radical (unpaired) electrons. The minimum Gasteiger partial charge on any atom is -0.481 e. The Morgan fingerprint density at radius 3 is 2.00 bits per heavy atom. The zero-order valence-corrected chi connectivity index (χ0v) is 8.94. The molecule has 0 aromatic heterocycles. The molecule has 0 rings (SSSR count). The number of carboxylic acid groups (broad SMARTS) is 2. The first-order chi connectivity index (χ1) is 6.21. The molecular formula is C9H17NO4. The third-order valence-corrected chi connectivity index (χ3v) is 2.51. The maximum Gasteiger partial charge on any atom is 0.324 e. The van der Waals surface area contributed by atoms with Crippen molar-refractivity contribution >= 4 is 11.9 Å². The number of hydrogen-bond acceptors (Lipinski definition) is 3. The van der Waals surface area contributed by atoms with E-state index >= 15 is 0 Å². The van der Waals surface area contributed by atoms with Crippen molar-refractivity contribution in [1.29, 1.82) is 0 Å². The van der Waals surface area contributed by atoms with Gasteiger partial charge in [0.25, 0.3) is 0 Å². The summed E-state index contributed by atoms with van der Waals surface area (Å²) in [6.07, 6.45) is -0.406. The highest BCUT2D eigenvalue weighted by atomic mass is 16.4. The van der Waals surface area contributed by atoms with Crippen molar-refractivity contribution in [2.45, 2.75) is 38.8 Å². The molecule has 0 spiro atoms. The van der Waals surface area contributed by atoms with E-state index in [0.717, 1.165) is 0 Å². The number of aliphatic carboxylic acids is 2. The van der Waals surface area contributed by atoms with Crippen molar-refractivity contribution in [3.63, 3.8) is 0 Å². The molecule has 0 aromatic rings. The van der Waals surface area contributed by atoms with E-state index in [-0.39, 0.29) is 6.04 Å². The SMILES string of the molecule is CC(C)N(C)C(C)(CC(=O)O)C(=O)O. The minimum absolute atomic E-state index is 0.0181. The summed E-state index contributed by atoms with van der Waals surface area (Å²) in [6.45, 7) is 5.07. The zero-order chi connectivity index (χ0) is 11.5. The van der Waals surface area contributed by atoms with Crippen LogP contribution in [-0.2, 0) is 9.59 Å². The lowest BCUT2D eigenvalue weighted by Crippen LogP contribution is -2.54. The van der Waals surface area contributed by atoms with Gasteiger partial charge in [0.05, 0.1) is 6.42 Å². The molecule has 0 aliphatic rings. The lowest BCUT2D eigenvalue weighted by Gasteiger charge is -2.36. The third-order valence-electron chi connectivity index (χ3n) is 2.51. The summed E-state index contributed by atoms with van der Waals surface area (Å²) < 4.78 is 0. The summed E-state index contributed by atoms with van der Waals surface area (Å²) in [6, 6.07) is -0.0181. The first-order valence-corrected chi connectivity index (χ1v) is 4.40. The molecule has 14 heavy (non-hydrogen) atoms. The highest BCUT2D eigenvalue weighted by molar-refractivity contribution is 5.84. The zero-order valence-electron chi connectivity index (χ0n) is 8.94. The van der Waals surface area contributed by atoms with Gasteiger partial charge in [-0.3, -0.25) is 14.5 Å². The van der Waals surface area contributed by atoms with Gasteiger partial charge in [0.15, 0.2) is 0 Å². The van der Waals surface area contributed by atoms with Gasteiger partial charge in [0.2, 0.25) is 0 Å². The summed E-state index contributed by atoms with van der Waals surface area (Å²) in [4.78, 5) is 23.1. The monoisotopic (exact) mass is 203 g/mol. The molecule has 5 nitrogen and oxygen atoms in total. The quantitative estimate of drug-likeness (QED) is 0.685. The Hall–Kier alpha value is -1.10. The molecule has 0 saturated heterocycles. The molecule has 0 fully saturated rings. The van der Waals surface area contributed by atoms with Gasteiger partial charge in [0, 0.05) is 6.04 Å². The molecule has 0 aromatic carbocycles. The molecule has 0 aliphatic heterocycles. The topological polar surface area (TPSA) is 77.8 Å². The van der Waals surface area contributed by atoms with Crippen LogP contribution >= 0.6 is 0 Å². The van der Waals surface area contributed by atoms with Crippen molar-refractivity contribution in [3.8, 4) is 0 Å². The molecule has 1 unspecified atom stereocenters. The van der Waals surface area contributed by atoms with Gasteiger partial charge in [-0.1, -0.05) is 0 Å². The maximum atomic E-state index is 11.0. The summed E-state index contributed by atoms with van der Waals surface area (Å²) in [5.74, 6) is -2.22. The molecular weight excluding hydrogens is 186 g/mol. The number of hydrogen-bond donors (Lipinski definition) is 2. The van der Waals surface area contributed by atoms with Crippen molar-refractivity contribution in [1.82, 2.24) is 4.90 Å². The predicted molar refractivity (Wildman–Crippen MR) is 51.2 cm³/mol. The lowest BCUT2D eigenvalue weighted by atomic mass is 9.95. The molecule has 5 heteroatoms. The first-order valence-electron chi connectivity index (χ1n) is 4.40. The summed E-state index contributed by atoms with van der Waals surface area (Å²) >= 11 is 0. The van der Waals surface area contributed by atoms with Crippen LogP contribution in [0.25, 0.3) is 0 Å². The highest BCUT2D eigenvalue weighted by Crippen LogP contribution is 2.20. The van der Waals surface area contributed by atoms with Crippen molar-refractivity contribution < 1.29 is 19.8 Å². The van der Waals surface area contributed by atoms with Gasteiger partial charge in [-0.2, -0.15) is 0 Å². The second-order valence-electron chi connectivity index (χ2n) is 3.85. The van der Waals surface area contributed by atoms with Crippen molar-refractivity contribution in [2.24, 2.45) is 0 Å². The largest absolute Gasteiger partial charge is 0.481 e. The van der Waals surface area contributed by atoms with Gasteiger partial charge >= 0.3 is 11.9 Å². The number of nitrogens with zero attached hydrogens (tertiary/aromatic N) is 1. The second-order valence-corrected chi connectivity index (χ2v) is 3.85. The first kappa shape index (κ1) is 12.9. The molecule has 0 bridgehead atoms. The summed E-state index contributed by atoms with van der Waals surface area (Å²) in [5.41, 5.74) is -1.35. The third kappa shape index (κ3) is 2.70. The molecule has 2 N–H and O–H groups in total. The normalized spacial score (nSPS) is 15.6. The smallest absolute Gasteiger partial charge is 0.324 e. The van der Waals surface area contributed by atoms with Gasteiger partial charge in [-0.15, -0.1) is 0 Å². The molecule has 0 heterocycles. The van der Waals surface area contributed by atoms with Crippen LogP contribution in [0.4, 0.5) is 0 Å². The van der Waals surface area contributed by atoms with Crippen molar-refractivity contribution in [3.05, 3.63) is 0 Å². The summed E-state index contributed by atoms with van der Waals surface area (Å²) in [5, 5.41) is 17.6.